The van der Waals surface area contributed by atoms with Gasteiger partial charge in [0.1, 0.15) is 17.8 Å². The molecule has 1 aromatic rings. The van der Waals surface area contributed by atoms with Crippen molar-refractivity contribution in [2.24, 2.45) is 0 Å². The van der Waals surface area contributed by atoms with Crippen molar-refractivity contribution in [3.05, 3.63) is 48.4 Å². The molecule has 106 valence electrons. The molecule has 0 aliphatic carbocycles. The van der Waals surface area contributed by atoms with Crippen LogP contribution in [0.3, 0.4) is 0 Å². The lowest BCUT2D eigenvalue weighted by Crippen LogP contribution is -2.02. The van der Waals surface area contributed by atoms with Crippen molar-refractivity contribution in [3.8, 4) is 5.75 Å². The highest BCUT2D eigenvalue weighted by Crippen LogP contribution is 2.25. The van der Waals surface area contributed by atoms with Crippen LogP contribution in [0.15, 0.2) is 42.9 Å². The van der Waals surface area contributed by atoms with Crippen LogP contribution in [-0.2, 0) is 19.1 Å². The van der Waals surface area contributed by atoms with Crippen molar-refractivity contribution in [1.29, 1.82) is 0 Å². The van der Waals surface area contributed by atoms with Crippen molar-refractivity contribution in [1.82, 2.24) is 0 Å². The molecule has 20 heavy (non-hydrogen) atoms. The third-order valence-corrected chi connectivity index (χ3v) is 2.31. The average Bonchev–Trinajstić information content (AvgIpc) is 2.38. The Morgan fingerprint density at radius 3 is 2.15 bits per heavy atom. The van der Waals surface area contributed by atoms with Crippen molar-refractivity contribution >= 4 is 17.5 Å². The highest BCUT2D eigenvalue weighted by molar-refractivity contribution is 5.81. The zero-order valence-corrected chi connectivity index (χ0v) is 11.6. The Morgan fingerprint density at radius 2 is 1.70 bits per heavy atom. The predicted molar refractivity (Wildman–Crippen MR) is 73.6 cm³/mol. The second-order valence-corrected chi connectivity index (χ2v) is 3.89. The van der Waals surface area contributed by atoms with E-state index in [1.165, 1.54) is 20.1 Å². The van der Waals surface area contributed by atoms with Gasteiger partial charge in [0.05, 0.1) is 12.7 Å². The van der Waals surface area contributed by atoms with Crippen molar-refractivity contribution in [2.45, 2.75) is 13.8 Å². The van der Waals surface area contributed by atoms with E-state index in [2.05, 4.69) is 6.58 Å². The number of allylic oxidation sites excluding steroid dienone is 1. The van der Waals surface area contributed by atoms with Gasteiger partial charge in [-0.3, -0.25) is 9.59 Å². The summed E-state index contributed by atoms with van der Waals surface area (Å²) in [5.41, 5.74) is 1.08. The van der Waals surface area contributed by atoms with Gasteiger partial charge in [-0.2, -0.15) is 0 Å². The van der Waals surface area contributed by atoms with Crippen LogP contribution in [0.5, 0.6) is 5.75 Å². The summed E-state index contributed by atoms with van der Waals surface area (Å²) < 4.78 is 14.8. The van der Waals surface area contributed by atoms with Crippen molar-refractivity contribution in [2.75, 3.05) is 7.11 Å². The summed E-state index contributed by atoms with van der Waals surface area (Å²) in [4.78, 5) is 21.9. The molecule has 0 fully saturated rings. The van der Waals surface area contributed by atoms with E-state index in [4.69, 9.17) is 14.2 Å². The Morgan fingerprint density at radius 1 is 1.10 bits per heavy atom. The molecule has 0 saturated heterocycles. The highest BCUT2D eigenvalue weighted by atomic mass is 16.5. The molecule has 0 heterocycles. The summed E-state index contributed by atoms with van der Waals surface area (Å²) in [6.45, 7) is 6.20. The SMILES string of the molecule is C=C(OC(C)=O)C(=COC(C)=O)c1ccc(OC)cc1. The maximum atomic E-state index is 11.0. The Balaban J connectivity index is 3.08. The van der Waals surface area contributed by atoms with Gasteiger partial charge >= 0.3 is 11.9 Å². The molecule has 0 atom stereocenters. The summed E-state index contributed by atoms with van der Waals surface area (Å²) in [5.74, 6) is -0.202. The molecule has 0 radical (unpaired) electrons. The Hall–Kier alpha value is -2.56. The minimum atomic E-state index is -0.503. The van der Waals surface area contributed by atoms with Gasteiger partial charge in [-0.25, -0.2) is 0 Å². The molecule has 0 spiro atoms. The fourth-order valence-electron chi connectivity index (χ4n) is 1.44. The largest absolute Gasteiger partial charge is 0.497 e. The van der Waals surface area contributed by atoms with Crippen LogP contribution < -0.4 is 4.74 Å². The highest BCUT2D eigenvalue weighted by Gasteiger charge is 2.11. The summed E-state index contributed by atoms with van der Waals surface area (Å²) in [6.07, 6.45) is 1.20. The first-order chi connectivity index (χ1) is 9.43. The second kappa shape index (κ2) is 7.13. The molecule has 0 N–H and O–H groups in total. The molecular formula is C15H16O5. The molecule has 0 aliphatic rings. The Bertz CT molecular complexity index is 540. The second-order valence-electron chi connectivity index (χ2n) is 3.89. The van der Waals surface area contributed by atoms with Gasteiger partial charge in [-0.05, 0) is 17.7 Å². The van der Waals surface area contributed by atoms with Crippen LogP contribution >= 0.6 is 0 Å². The zero-order valence-electron chi connectivity index (χ0n) is 11.6. The van der Waals surface area contributed by atoms with E-state index in [1.807, 2.05) is 0 Å². The summed E-state index contributed by atoms with van der Waals surface area (Å²) in [5, 5.41) is 0. The van der Waals surface area contributed by atoms with Gasteiger partial charge in [0, 0.05) is 13.8 Å². The Labute approximate surface area is 117 Å². The third-order valence-electron chi connectivity index (χ3n) is 2.31. The van der Waals surface area contributed by atoms with Crippen LogP contribution in [0.4, 0.5) is 0 Å². The maximum absolute atomic E-state index is 11.0. The lowest BCUT2D eigenvalue weighted by atomic mass is 10.1. The number of hydrogen-bond acceptors (Lipinski definition) is 5. The third kappa shape index (κ3) is 4.61. The van der Waals surface area contributed by atoms with E-state index >= 15 is 0 Å². The van der Waals surface area contributed by atoms with Gasteiger partial charge in [0.25, 0.3) is 0 Å². The molecule has 5 heteroatoms. The lowest BCUT2D eigenvalue weighted by molar-refractivity contribution is -0.136. The van der Waals surface area contributed by atoms with Crippen LogP contribution in [0, 0.1) is 0 Å². The smallest absolute Gasteiger partial charge is 0.308 e. The van der Waals surface area contributed by atoms with E-state index in [-0.39, 0.29) is 5.76 Å². The molecule has 1 aromatic carbocycles. The number of methoxy groups -OCH3 is 1. The molecule has 0 bridgehead atoms. The first kappa shape index (κ1) is 15.5. The summed E-state index contributed by atoms with van der Waals surface area (Å²) in [7, 11) is 1.56. The molecule has 0 saturated carbocycles. The fraction of sp³-hybridized carbons (Fsp3) is 0.200. The summed E-state index contributed by atoms with van der Waals surface area (Å²) in [6, 6.07) is 6.95. The maximum Gasteiger partial charge on any atom is 0.308 e. The molecule has 0 amide bonds. The number of hydrogen-bond donors (Lipinski definition) is 0. The molecule has 0 aliphatic heterocycles. The van der Waals surface area contributed by atoms with Crippen LogP contribution in [0.2, 0.25) is 0 Å². The molecule has 1 rings (SSSR count). The zero-order chi connectivity index (χ0) is 15.1. The number of ether oxygens (including phenoxy) is 3. The van der Waals surface area contributed by atoms with E-state index in [1.54, 1.807) is 31.4 Å². The topological polar surface area (TPSA) is 61.8 Å². The number of benzene rings is 1. The minimum Gasteiger partial charge on any atom is -0.497 e. The van der Waals surface area contributed by atoms with Crippen LogP contribution in [0.1, 0.15) is 19.4 Å². The van der Waals surface area contributed by atoms with E-state index in [9.17, 15) is 9.59 Å². The monoisotopic (exact) mass is 276 g/mol. The van der Waals surface area contributed by atoms with Crippen LogP contribution in [-0.4, -0.2) is 19.0 Å². The molecule has 0 aromatic heterocycles. The first-order valence-corrected chi connectivity index (χ1v) is 5.83. The van der Waals surface area contributed by atoms with Gasteiger partial charge < -0.3 is 14.2 Å². The van der Waals surface area contributed by atoms with Crippen molar-refractivity contribution < 1.29 is 23.8 Å². The first-order valence-electron chi connectivity index (χ1n) is 5.83. The van der Waals surface area contributed by atoms with Gasteiger partial charge in [-0.1, -0.05) is 18.7 Å². The minimum absolute atomic E-state index is 0.101. The fourth-order valence-corrected chi connectivity index (χ4v) is 1.44. The molecule has 0 unspecified atom stereocenters. The normalized spacial score (nSPS) is 10.7. The Kier molecular flexibility index (Phi) is 5.53. The average molecular weight is 276 g/mol. The van der Waals surface area contributed by atoms with Gasteiger partial charge in [0.2, 0.25) is 0 Å². The number of carbonyl (C=O) groups is 2. The summed E-state index contributed by atoms with van der Waals surface area (Å²) >= 11 is 0. The number of rotatable bonds is 5. The standard InChI is InChI=1S/C15H16O5/c1-10(20-12(3)17)15(9-19-11(2)16)13-5-7-14(18-4)8-6-13/h5-9H,1H2,2-4H3. The number of esters is 2. The molecule has 5 nitrogen and oxygen atoms in total. The van der Waals surface area contributed by atoms with Crippen LogP contribution in [0.25, 0.3) is 5.57 Å². The molecular weight excluding hydrogens is 260 g/mol. The van der Waals surface area contributed by atoms with E-state index in [0.717, 1.165) is 0 Å². The van der Waals surface area contributed by atoms with Gasteiger partial charge in [-0.15, -0.1) is 0 Å². The lowest BCUT2D eigenvalue weighted by Gasteiger charge is -2.11. The quantitative estimate of drug-likeness (QED) is 0.470. The predicted octanol–water partition coefficient (Wildman–Crippen LogP) is 2.68. The van der Waals surface area contributed by atoms with Gasteiger partial charge in [0.15, 0.2) is 0 Å². The van der Waals surface area contributed by atoms with E-state index < -0.39 is 11.9 Å². The van der Waals surface area contributed by atoms with Crippen molar-refractivity contribution in [3.63, 3.8) is 0 Å². The van der Waals surface area contributed by atoms with E-state index in [0.29, 0.717) is 16.9 Å². The number of carbonyl (C=O) groups excluding carboxylic acids is 2.